The lowest BCUT2D eigenvalue weighted by molar-refractivity contribution is -0.132. The van der Waals surface area contributed by atoms with Gasteiger partial charge in [0.1, 0.15) is 0 Å². The zero-order valence-corrected chi connectivity index (χ0v) is 18.4. The van der Waals surface area contributed by atoms with Crippen molar-refractivity contribution in [1.82, 2.24) is 29.3 Å². The van der Waals surface area contributed by atoms with Gasteiger partial charge in [-0.05, 0) is 49.3 Å². The summed E-state index contributed by atoms with van der Waals surface area (Å²) in [5.74, 6) is 1.06. The predicted molar refractivity (Wildman–Crippen MR) is 120 cm³/mol. The van der Waals surface area contributed by atoms with Gasteiger partial charge in [0.2, 0.25) is 5.91 Å². The number of aromatic nitrogens is 4. The molecule has 0 spiro atoms. The average Bonchev–Trinajstić information content (AvgIpc) is 3.46. The molecule has 5 rings (SSSR count). The molecular weight excluding hydrogens is 404 g/mol. The van der Waals surface area contributed by atoms with Crippen LogP contribution in [0.25, 0.3) is 11.0 Å². The summed E-state index contributed by atoms with van der Waals surface area (Å²) in [4.78, 5) is 42.5. The highest BCUT2D eigenvalue weighted by molar-refractivity contribution is 5.97. The van der Waals surface area contributed by atoms with E-state index in [1.54, 1.807) is 24.9 Å². The van der Waals surface area contributed by atoms with Crippen molar-refractivity contribution < 1.29 is 9.59 Å². The average molecular weight is 433 g/mol. The summed E-state index contributed by atoms with van der Waals surface area (Å²) in [6.07, 6.45) is 10.1. The van der Waals surface area contributed by atoms with Gasteiger partial charge in [-0.15, -0.1) is 0 Å². The minimum atomic E-state index is 0.0754. The minimum Gasteiger partial charge on any atom is -0.342 e. The summed E-state index contributed by atoms with van der Waals surface area (Å²) >= 11 is 0. The molecule has 3 aromatic rings. The van der Waals surface area contributed by atoms with E-state index in [2.05, 4.69) is 15.0 Å². The summed E-state index contributed by atoms with van der Waals surface area (Å²) < 4.78 is 1.95. The van der Waals surface area contributed by atoms with Gasteiger partial charge in [0.25, 0.3) is 5.91 Å². The fraction of sp³-hybridized carbons (Fsp3) is 0.458. The number of likely N-dealkylation sites (tertiary alicyclic amines) is 2. The van der Waals surface area contributed by atoms with Crippen LogP contribution in [0.4, 0.5) is 0 Å². The normalized spacial score (nSPS) is 21.3. The number of imidazole rings is 1. The molecule has 166 valence electrons. The summed E-state index contributed by atoms with van der Waals surface area (Å²) in [5, 5.41) is 0. The third-order valence-electron chi connectivity index (χ3n) is 6.91. The van der Waals surface area contributed by atoms with E-state index in [0.29, 0.717) is 29.5 Å². The molecule has 8 heteroatoms. The molecule has 2 fully saturated rings. The molecule has 0 radical (unpaired) electrons. The Balaban J connectivity index is 1.20. The van der Waals surface area contributed by atoms with Crippen LogP contribution in [0, 0.1) is 11.8 Å². The largest absolute Gasteiger partial charge is 0.342 e. The first-order chi connectivity index (χ1) is 15.6. The van der Waals surface area contributed by atoms with Crippen molar-refractivity contribution in [3.63, 3.8) is 0 Å². The first-order valence-corrected chi connectivity index (χ1v) is 11.3. The summed E-state index contributed by atoms with van der Waals surface area (Å²) in [7, 11) is 1.95. The van der Waals surface area contributed by atoms with Gasteiger partial charge >= 0.3 is 0 Å². The quantitative estimate of drug-likeness (QED) is 0.632. The van der Waals surface area contributed by atoms with Crippen LogP contribution in [0.3, 0.4) is 0 Å². The van der Waals surface area contributed by atoms with Gasteiger partial charge < -0.3 is 14.4 Å². The lowest BCUT2D eigenvalue weighted by Crippen LogP contribution is -2.43. The molecular formula is C24H28N6O2. The van der Waals surface area contributed by atoms with Crippen LogP contribution in [-0.2, 0) is 18.3 Å². The maximum atomic E-state index is 13.1. The van der Waals surface area contributed by atoms with Crippen LogP contribution in [0.15, 0.2) is 43.1 Å². The molecule has 2 aliphatic heterocycles. The molecule has 2 saturated heterocycles. The fourth-order valence-corrected chi connectivity index (χ4v) is 5.12. The van der Waals surface area contributed by atoms with Gasteiger partial charge in [-0.2, -0.15) is 0 Å². The van der Waals surface area contributed by atoms with Gasteiger partial charge in [-0.3, -0.25) is 19.6 Å². The second-order valence-corrected chi connectivity index (χ2v) is 8.97. The summed E-state index contributed by atoms with van der Waals surface area (Å²) in [6, 6.07) is 5.75. The van der Waals surface area contributed by atoms with E-state index >= 15 is 0 Å². The highest BCUT2D eigenvalue weighted by Gasteiger charge is 2.35. The number of carbonyl (C=O) groups is 2. The first-order valence-electron chi connectivity index (χ1n) is 11.3. The van der Waals surface area contributed by atoms with Crippen molar-refractivity contribution in [3.05, 3.63) is 54.4 Å². The van der Waals surface area contributed by atoms with E-state index < -0.39 is 0 Å². The number of hydrogen-bond acceptors (Lipinski definition) is 5. The van der Waals surface area contributed by atoms with Crippen molar-refractivity contribution in [2.24, 2.45) is 18.9 Å². The molecule has 2 unspecified atom stereocenters. The van der Waals surface area contributed by atoms with Gasteiger partial charge in [0.05, 0.1) is 29.5 Å². The first kappa shape index (κ1) is 20.6. The minimum absolute atomic E-state index is 0.0754. The van der Waals surface area contributed by atoms with E-state index in [4.69, 9.17) is 0 Å². The second kappa shape index (κ2) is 8.68. The lowest BCUT2D eigenvalue weighted by Gasteiger charge is -2.35. The Kier molecular flexibility index (Phi) is 5.59. The zero-order chi connectivity index (χ0) is 22.1. The van der Waals surface area contributed by atoms with E-state index in [9.17, 15) is 9.59 Å². The molecule has 0 aliphatic carbocycles. The van der Waals surface area contributed by atoms with Gasteiger partial charge in [0, 0.05) is 57.4 Å². The molecule has 2 aliphatic rings. The smallest absolute Gasteiger partial charge is 0.253 e. The van der Waals surface area contributed by atoms with E-state index in [1.165, 1.54) is 0 Å². The Morgan fingerprint density at radius 2 is 1.88 bits per heavy atom. The fourth-order valence-electron chi connectivity index (χ4n) is 5.12. The molecule has 0 saturated carbocycles. The van der Waals surface area contributed by atoms with Crippen LogP contribution < -0.4 is 0 Å². The number of piperidine rings is 1. The van der Waals surface area contributed by atoms with Crippen LogP contribution >= 0.6 is 0 Å². The highest BCUT2D eigenvalue weighted by atomic mass is 16.2. The Morgan fingerprint density at radius 3 is 2.72 bits per heavy atom. The van der Waals surface area contributed by atoms with Crippen molar-refractivity contribution in [2.75, 3.05) is 26.2 Å². The van der Waals surface area contributed by atoms with Gasteiger partial charge in [-0.25, -0.2) is 4.98 Å². The van der Waals surface area contributed by atoms with E-state index in [0.717, 1.165) is 56.5 Å². The maximum absolute atomic E-state index is 13.1. The molecule has 8 nitrogen and oxygen atoms in total. The Labute approximate surface area is 187 Å². The Morgan fingerprint density at radius 1 is 1.03 bits per heavy atom. The summed E-state index contributed by atoms with van der Waals surface area (Å²) in [5.41, 5.74) is 3.27. The third-order valence-corrected chi connectivity index (χ3v) is 6.91. The molecule has 2 atom stereocenters. The Hall–Kier alpha value is -3.29. The highest BCUT2D eigenvalue weighted by Crippen LogP contribution is 2.32. The predicted octanol–water partition coefficient (Wildman–Crippen LogP) is 2.31. The standard InChI is InChI=1S/C24H28N6O2/c1-28-16-27-21-11-17(4-5-22(21)28)24(32)30-10-6-19(15-30)18-3-2-9-29(14-18)23(31)12-20-13-25-7-8-26-20/h4-5,7-8,11,13,16,18-19H,2-3,6,9-10,12,14-15H2,1H3. The number of carbonyl (C=O) groups excluding carboxylic acids is 2. The number of aryl methyl sites for hydroxylation is 1. The van der Waals surface area contributed by atoms with Crippen molar-refractivity contribution in [1.29, 1.82) is 0 Å². The zero-order valence-electron chi connectivity index (χ0n) is 18.4. The van der Waals surface area contributed by atoms with Crippen molar-refractivity contribution in [2.45, 2.75) is 25.7 Å². The molecule has 32 heavy (non-hydrogen) atoms. The molecule has 4 heterocycles. The van der Waals surface area contributed by atoms with Crippen LogP contribution in [0.5, 0.6) is 0 Å². The Bertz CT molecular complexity index is 1130. The number of rotatable bonds is 4. The SMILES string of the molecule is Cn1cnc2cc(C(=O)N3CCC(C4CCCN(C(=O)Cc5cnccn5)C4)C3)ccc21. The second-order valence-electron chi connectivity index (χ2n) is 8.97. The summed E-state index contributed by atoms with van der Waals surface area (Å²) in [6.45, 7) is 3.10. The molecule has 0 bridgehead atoms. The van der Waals surface area contributed by atoms with Crippen LogP contribution in [0.2, 0.25) is 0 Å². The monoisotopic (exact) mass is 432 g/mol. The van der Waals surface area contributed by atoms with Gasteiger partial charge in [0.15, 0.2) is 0 Å². The van der Waals surface area contributed by atoms with Crippen LogP contribution in [-0.4, -0.2) is 67.3 Å². The molecule has 2 aromatic heterocycles. The lowest BCUT2D eigenvalue weighted by atomic mass is 9.84. The van der Waals surface area contributed by atoms with Crippen molar-refractivity contribution >= 4 is 22.8 Å². The molecule has 1 aromatic carbocycles. The number of nitrogens with zero attached hydrogens (tertiary/aromatic N) is 6. The number of hydrogen-bond donors (Lipinski definition) is 0. The third kappa shape index (κ3) is 4.09. The molecule has 0 N–H and O–H groups in total. The van der Waals surface area contributed by atoms with Crippen molar-refractivity contribution in [3.8, 4) is 0 Å². The van der Waals surface area contributed by atoms with E-state index in [-0.39, 0.29) is 11.8 Å². The van der Waals surface area contributed by atoms with E-state index in [1.807, 2.05) is 39.6 Å². The number of amides is 2. The number of fused-ring (bicyclic) bond motifs is 1. The van der Waals surface area contributed by atoms with Gasteiger partial charge in [-0.1, -0.05) is 0 Å². The van der Waals surface area contributed by atoms with Crippen LogP contribution in [0.1, 0.15) is 35.3 Å². The maximum Gasteiger partial charge on any atom is 0.253 e. The topological polar surface area (TPSA) is 84.2 Å². The number of benzene rings is 1. The molecule has 2 amide bonds.